The Hall–Kier alpha value is -2.21. The van der Waals surface area contributed by atoms with Gasteiger partial charge in [-0.3, -0.25) is 4.79 Å². The van der Waals surface area contributed by atoms with Crippen LogP contribution in [-0.4, -0.2) is 11.3 Å². The van der Waals surface area contributed by atoms with Crippen LogP contribution in [0.2, 0.25) is 0 Å². The van der Waals surface area contributed by atoms with Crippen molar-refractivity contribution in [2.24, 2.45) is 0 Å². The van der Waals surface area contributed by atoms with E-state index in [0.29, 0.717) is 11.3 Å². The second-order valence-electron chi connectivity index (χ2n) is 2.84. The van der Waals surface area contributed by atoms with Crippen LogP contribution in [0.5, 0.6) is 0 Å². The Morgan fingerprint density at radius 3 is 2.64 bits per heavy atom. The van der Waals surface area contributed by atoms with Gasteiger partial charge in [-0.15, -0.1) is 0 Å². The van der Waals surface area contributed by atoms with Gasteiger partial charge in [-0.25, -0.2) is 4.98 Å². The summed E-state index contributed by atoms with van der Waals surface area (Å²) in [6.45, 7) is 0. The first kappa shape index (κ1) is 8.39. The lowest BCUT2D eigenvalue weighted by Crippen LogP contribution is -1.90. The van der Waals surface area contributed by atoms with Crippen LogP contribution in [0, 0.1) is 11.3 Å². The molecule has 0 spiro atoms. The summed E-state index contributed by atoms with van der Waals surface area (Å²) in [6.07, 6.45) is 2.17. The Morgan fingerprint density at radius 2 is 2.00 bits per heavy atom. The highest BCUT2D eigenvalue weighted by molar-refractivity contribution is 5.99. The third-order valence-corrected chi connectivity index (χ3v) is 2.06. The quantitative estimate of drug-likeness (QED) is 0.633. The molecule has 66 valence electrons. The van der Waals surface area contributed by atoms with Crippen molar-refractivity contribution in [3.63, 3.8) is 0 Å². The molecular formula is C11H6N2O. The van der Waals surface area contributed by atoms with Crippen LogP contribution in [0.25, 0.3) is 10.8 Å². The zero-order chi connectivity index (χ0) is 9.97. The van der Waals surface area contributed by atoms with Gasteiger partial charge in [0, 0.05) is 17.1 Å². The molecule has 0 radical (unpaired) electrons. The van der Waals surface area contributed by atoms with E-state index >= 15 is 0 Å². The van der Waals surface area contributed by atoms with Gasteiger partial charge in [-0.1, -0.05) is 24.3 Å². The number of pyridine rings is 1. The number of benzene rings is 1. The van der Waals surface area contributed by atoms with Gasteiger partial charge in [-0.2, -0.15) is 5.26 Å². The molecule has 3 nitrogen and oxygen atoms in total. The molecule has 0 atom stereocenters. The molecule has 2 rings (SSSR count). The number of hydrogen-bond acceptors (Lipinski definition) is 3. The van der Waals surface area contributed by atoms with Gasteiger partial charge < -0.3 is 0 Å². The number of aromatic nitrogens is 1. The fraction of sp³-hybridized carbons (Fsp3) is 0. The van der Waals surface area contributed by atoms with Gasteiger partial charge in [0.05, 0.1) is 0 Å². The van der Waals surface area contributed by atoms with E-state index in [1.807, 2.05) is 24.3 Å². The Balaban J connectivity index is 2.93. The molecule has 0 unspecified atom stereocenters. The molecular weight excluding hydrogens is 176 g/mol. The monoisotopic (exact) mass is 182 g/mol. The maximum absolute atomic E-state index is 10.7. The standard InChI is InChI=1S/C11H6N2O/c12-5-11-10-4-2-1-3-9(10)8(7-14)6-13-11/h1-4,6-7H. The van der Waals surface area contributed by atoms with Crippen molar-refractivity contribution < 1.29 is 4.79 Å². The minimum atomic E-state index is 0.353. The minimum Gasteiger partial charge on any atom is -0.298 e. The van der Waals surface area contributed by atoms with Crippen LogP contribution in [0.3, 0.4) is 0 Å². The normalized spacial score (nSPS) is 9.64. The molecule has 0 saturated carbocycles. The number of fused-ring (bicyclic) bond motifs is 1. The van der Waals surface area contributed by atoms with Gasteiger partial charge in [0.2, 0.25) is 0 Å². The van der Waals surface area contributed by atoms with Crippen molar-refractivity contribution in [3.05, 3.63) is 41.7 Å². The molecule has 0 fully saturated rings. The smallest absolute Gasteiger partial charge is 0.152 e. The van der Waals surface area contributed by atoms with Gasteiger partial charge in [-0.05, 0) is 5.39 Å². The third kappa shape index (κ3) is 1.14. The van der Waals surface area contributed by atoms with Crippen molar-refractivity contribution in [2.45, 2.75) is 0 Å². The van der Waals surface area contributed by atoms with Crippen molar-refractivity contribution >= 4 is 17.1 Å². The molecule has 0 aliphatic heterocycles. The highest BCUT2D eigenvalue weighted by Crippen LogP contribution is 2.18. The van der Waals surface area contributed by atoms with Crippen molar-refractivity contribution in [3.8, 4) is 6.07 Å². The first-order valence-electron chi connectivity index (χ1n) is 4.10. The molecule has 14 heavy (non-hydrogen) atoms. The number of rotatable bonds is 1. The Bertz CT molecular complexity index is 540. The van der Waals surface area contributed by atoms with Crippen molar-refractivity contribution in [2.75, 3.05) is 0 Å². The zero-order valence-electron chi connectivity index (χ0n) is 7.27. The first-order valence-corrected chi connectivity index (χ1v) is 4.10. The van der Waals surface area contributed by atoms with Gasteiger partial charge >= 0.3 is 0 Å². The number of aldehydes is 1. The molecule has 1 heterocycles. The number of nitriles is 1. The summed E-state index contributed by atoms with van der Waals surface area (Å²) >= 11 is 0. The number of carbonyl (C=O) groups excluding carboxylic acids is 1. The molecule has 2 aromatic rings. The fourth-order valence-corrected chi connectivity index (χ4v) is 1.40. The Kier molecular flexibility index (Phi) is 1.96. The van der Waals surface area contributed by atoms with Crippen LogP contribution in [0.1, 0.15) is 16.1 Å². The lowest BCUT2D eigenvalue weighted by atomic mass is 10.1. The third-order valence-electron chi connectivity index (χ3n) is 2.06. The average molecular weight is 182 g/mol. The molecule has 0 aliphatic carbocycles. The lowest BCUT2D eigenvalue weighted by Gasteiger charge is -2.00. The van der Waals surface area contributed by atoms with E-state index in [1.54, 1.807) is 6.07 Å². The van der Waals surface area contributed by atoms with Gasteiger partial charge in [0.1, 0.15) is 11.8 Å². The van der Waals surface area contributed by atoms with Crippen LogP contribution in [0.15, 0.2) is 30.5 Å². The van der Waals surface area contributed by atoms with Crippen LogP contribution in [0.4, 0.5) is 0 Å². The maximum atomic E-state index is 10.7. The second kappa shape index (κ2) is 3.27. The number of nitrogens with zero attached hydrogens (tertiary/aromatic N) is 2. The molecule has 0 bridgehead atoms. The molecule has 0 aliphatic rings. The van der Waals surface area contributed by atoms with Gasteiger partial charge in [0.15, 0.2) is 6.29 Å². The second-order valence-corrected chi connectivity index (χ2v) is 2.84. The van der Waals surface area contributed by atoms with E-state index < -0.39 is 0 Å². The van der Waals surface area contributed by atoms with E-state index in [-0.39, 0.29) is 0 Å². The average Bonchev–Trinajstić information content (AvgIpc) is 2.27. The Morgan fingerprint density at radius 1 is 1.29 bits per heavy atom. The minimum absolute atomic E-state index is 0.353. The predicted octanol–water partition coefficient (Wildman–Crippen LogP) is 1.92. The molecule has 1 aromatic heterocycles. The summed E-state index contributed by atoms with van der Waals surface area (Å²) in [7, 11) is 0. The molecule has 0 saturated heterocycles. The van der Waals surface area contributed by atoms with E-state index in [0.717, 1.165) is 17.1 Å². The number of hydrogen-bond donors (Lipinski definition) is 0. The zero-order valence-corrected chi connectivity index (χ0v) is 7.27. The van der Waals surface area contributed by atoms with Crippen molar-refractivity contribution in [1.82, 2.24) is 4.98 Å². The number of carbonyl (C=O) groups is 1. The summed E-state index contributed by atoms with van der Waals surface area (Å²) in [5.41, 5.74) is 0.866. The summed E-state index contributed by atoms with van der Waals surface area (Å²) in [4.78, 5) is 14.6. The van der Waals surface area contributed by atoms with Crippen LogP contribution in [-0.2, 0) is 0 Å². The fourth-order valence-electron chi connectivity index (χ4n) is 1.40. The summed E-state index contributed by atoms with van der Waals surface area (Å²) in [5, 5.41) is 10.3. The summed E-state index contributed by atoms with van der Waals surface area (Å²) < 4.78 is 0. The topological polar surface area (TPSA) is 53.8 Å². The molecule has 3 heteroatoms. The Labute approximate surface area is 80.6 Å². The summed E-state index contributed by atoms with van der Waals surface area (Å²) in [5.74, 6) is 0. The van der Waals surface area contributed by atoms with Crippen molar-refractivity contribution in [1.29, 1.82) is 5.26 Å². The van der Waals surface area contributed by atoms with E-state index in [1.165, 1.54) is 6.20 Å². The largest absolute Gasteiger partial charge is 0.298 e. The highest BCUT2D eigenvalue weighted by atomic mass is 16.1. The molecule has 0 N–H and O–H groups in total. The SMILES string of the molecule is N#Cc1ncc(C=O)c2ccccc12. The van der Waals surface area contributed by atoms with E-state index in [9.17, 15) is 4.79 Å². The lowest BCUT2D eigenvalue weighted by molar-refractivity contribution is 0.112. The highest BCUT2D eigenvalue weighted by Gasteiger charge is 2.04. The van der Waals surface area contributed by atoms with Gasteiger partial charge in [0.25, 0.3) is 0 Å². The van der Waals surface area contributed by atoms with E-state index in [2.05, 4.69) is 4.98 Å². The summed E-state index contributed by atoms with van der Waals surface area (Å²) in [6, 6.07) is 9.24. The van der Waals surface area contributed by atoms with E-state index in [4.69, 9.17) is 5.26 Å². The van der Waals surface area contributed by atoms with Crippen LogP contribution < -0.4 is 0 Å². The van der Waals surface area contributed by atoms with Crippen LogP contribution >= 0.6 is 0 Å². The molecule has 0 amide bonds. The molecule has 1 aromatic carbocycles. The maximum Gasteiger partial charge on any atom is 0.152 e. The predicted molar refractivity (Wildman–Crippen MR) is 51.8 cm³/mol. The first-order chi connectivity index (χ1) is 6.86.